The number of hydrogen-bond donors (Lipinski definition) is 2. The number of fused-ring (bicyclic) bond motifs is 1. The molecule has 2 aromatic heterocycles. The van der Waals surface area contributed by atoms with E-state index in [9.17, 15) is 0 Å². The number of pyridine rings is 1. The number of nitrogens with one attached hydrogen (secondary N) is 2. The fraction of sp³-hybridized carbons (Fsp3) is 0.208. The molecular formula is C24H26ClN3O. The summed E-state index contributed by atoms with van der Waals surface area (Å²) in [7, 11) is 0. The van der Waals surface area contributed by atoms with Crippen molar-refractivity contribution in [2.75, 3.05) is 18.4 Å². The van der Waals surface area contributed by atoms with Crippen LogP contribution in [0.1, 0.15) is 23.3 Å². The Labute approximate surface area is 177 Å². The molecule has 0 aliphatic rings. The van der Waals surface area contributed by atoms with Gasteiger partial charge in [0.25, 0.3) is 0 Å². The molecule has 0 spiro atoms. The lowest BCUT2D eigenvalue weighted by molar-refractivity contribution is 0.482. The van der Waals surface area contributed by atoms with Crippen LogP contribution in [0.3, 0.4) is 0 Å². The predicted molar refractivity (Wildman–Crippen MR) is 122 cm³/mol. The molecule has 0 aliphatic carbocycles. The smallest absolute Gasteiger partial charge is 0.117 e. The first-order valence-electron chi connectivity index (χ1n) is 9.77. The third-order valence-electron chi connectivity index (χ3n) is 4.78. The van der Waals surface area contributed by atoms with E-state index < -0.39 is 0 Å². The van der Waals surface area contributed by atoms with Crippen molar-refractivity contribution in [3.63, 3.8) is 0 Å². The van der Waals surface area contributed by atoms with Gasteiger partial charge in [0.05, 0.1) is 18.3 Å². The Morgan fingerprint density at radius 3 is 2.59 bits per heavy atom. The molecule has 2 N–H and O–H groups in total. The standard InChI is InChI=1S/C24H25N3O.ClH/c1-2-6-19(7-3-1)16-20-9-10-22-23(11-14-27-24(22)17-20)26-13-5-12-25-18-21-8-4-15-28-21;/h1-4,6-11,14-15,17,25H,5,12-13,16,18H2,(H,26,27);1H. The molecule has 2 heterocycles. The molecule has 150 valence electrons. The van der Waals surface area contributed by atoms with Crippen LogP contribution in [0.25, 0.3) is 10.9 Å². The van der Waals surface area contributed by atoms with E-state index in [2.05, 4.69) is 70.2 Å². The van der Waals surface area contributed by atoms with Gasteiger partial charge >= 0.3 is 0 Å². The average Bonchev–Trinajstić information content (AvgIpc) is 3.25. The van der Waals surface area contributed by atoms with Gasteiger partial charge in [-0.3, -0.25) is 4.98 Å². The van der Waals surface area contributed by atoms with Gasteiger partial charge in [0.2, 0.25) is 0 Å². The maximum atomic E-state index is 5.32. The minimum atomic E-state index is 0. The number of benzene rings is 2. The number of rotatable bonds is 9. The van der Waals surface area contributed by atoms with Crippen LogP contribution < -0.4 is 10.6 Å². The van der Waals surface area contributed by atoms with E-state index in [4.69, 9.17) is 4.42 Å². The van der Waals surface area contributed by atoms with Gasteiger partial charge in [-0.05, 0) is 54.8 Å². The van der Waals surface area contributed by atoms with Crippen LogP contribution >= 0.6 is 12.4 Å². The fourth-order valence-corrected chi connectivity index (χ4v) is 3.35. The second-order valence-corrected chi connectivity index (χ2v) is 6.91. The van der Waals surface area contributed by atoms with Crippen LogP contribution in [0.5, 0.6) is 0 Å². The second-order valence-electron chi connectivity index (χ2n) is 6.91. The number of aromatic nitrogens is 1. The van der Waals surface area contributed by atoms with Crippen molar-refractivity contribution >= 4 is 29.0 Å². The Balaban J connectivity index is 0.00000240. The fourth-order valence-electron chi connectivity index (χ4n) is 3.35. The van der Waals surface area contributed by atoms with Gasteiger partial charge in [-0.15, -0.1) is 12.4 Å². The molecule has 0 saturated carbocycles. The SMILES string of the molecule is Cl.c1ccc(Cc2ccc3c(NCCCNCc4ccco4)ccnc3c2)cc1. The summed E-state index contributed by atoms with van der Waals surface area (Å²) in [5, 5.41) is 8.11. The molecule has 29 heavy (non-hydrogen) atoms. The van der Waals surface area contributed by atoms with E-state index in [1.165, 1.54) is 16.5 Å². The first-order valence-corrected chi connectivity index (χ1v) is 9.77. The molecule has 0 saturated heterocycles. The number of furan rings is 1. The molecule has 0 radical (unpaired) electrons. The molecule has 4 nitrogen and oxygen atoms in total. The van der Waals surface area contributed by atoms with Crippen molar-refractivity contribution in [1.82, 2.24) is 10.3 Å². The average molecular weight is 408 g/mol. The highest BCUT2D eigenvalue weighted by Crippen LogP contribution is 2.23. The van der Waals surface area contributed by atoms with Crippen LogP contribution in [0, 0.1) is 0 Å². The number of nitrogens with zero attached hydrogens (tertiary/aromatic N) is 1. The lowest BCUT2D eigenvalue weighted by Crippen LogP contribution is -2.17. The normalized spacial score (nSPS) is 10.6. The van der Waals surface area contributed by atoms with Gasteiger partial charge in [0.15, 0.2) is 0 Å². The molecule has 0 atom stereocenters. The topological polar surface area (TPSA) is 50.1 Å². The molecule has 0 fully saturated rings. The zero-order valence-corrected chi connectivity index (χ0v) is 17.1. The van der Waals surface area contributed by atoms with Gasteiger partial charge in [-0.25, -0.2) is 0 Å². The first kappa shape index (κ1) is 20.9. The van der Waals surface area contributed by atoms with Gasteiger partial charge in [-0.2, -0.15) is 0 Å². The minimum Gasteiger partial charge on any atom is -0.468 e. The van der Waals surface area contributed by atoms with E-state index in [0.29, 0.717) is 0 Å². The van der Waals surface area contributed by atoms with Gasteiger partial charge < -0.3 is 15.1 Å². The highest BCUT2D eigenvalue weighted by Gasteiger charge is 2.04. The van der Waals surface area contributed by atoms with Crippen LogP contribution in [-0.2, 0) is 13.0 Å². The van der Waals surface area contributed by atoms with Gasteiger partial charge in [0, 0.05) is 23.8 Å². The summed E-state index contributed by atoms with van der Waals surface area (Å²) in [6.45, 7) is 2.63. The van der Waals surface area contributed by atoms with Gasteiger partial charge in [-0.1, -0.05) is 42.5 Å². The Morgan fingerprint density at radius 1 is 0.862 bits per heavy atom. The van der Waals surface area contributed by atoms with Crippen molar-refractivity contribution < 1.29 is 4.42 Å². The predicted octanol–water partition coefficient (Wildman–Crippen LogP) is 5.43. The largest absolute Gasteiger partial charge is 0.468 e. The van der Waals surface area contributed by atoms with Crippen molar-refractivity contribution in [3.8, 4) is 0 Å². The zero-order chi connectivity index (χ0) is 19.0. The summed E-state index contributed by atoms with van der Waals surface area (Å²) in [6, 6.07) is 23.1. The molecule has 5 heteroatoms. The van der Waals surface area contributed by atoms with E-state index in [-0.39, 0.29) is 12.4 Å². The molecule has 4 rings (SSSR count). The maximum absolute atomic E-state index is 5.32. The van der Waals surface area contributed by atoms with E-state index in [1.807, 2.05) is 18.3 Å². The summed E-state index contributed by atoms with van der Waals surface area (Å²) in [5.41, 5.74) is 4.78. The third kappa shape index (κ3) is 5.83. The third-order valence-corrected chi connectivity index (χ3v) is 4.78. The maximum Gasteiger partial charge on any atom is 0.117 e. The molecule has 0 bridgehead atoms. The highest BCUT2D eigenvalue weighted by atomic mass is 35.5. The van der Waals surface area contributed by atoms with E-state index in [0.717, 1.165) is 49.4 Å². The molecule has 0 amide bonds. The van der Waals surface area contributed by atoms with Crippen LogP contribution in [0.4, 0.5) is 5.69 Å². The number of halogens is 1. The Morgan fingerprint density at radius 2 is 1.76 bits per heavy atom. The summed E-state index contributed by atoms with van der Waals surface area (Å²) in [6.07, 6.45) is 5.55. The molecule has 4 aromatic rings. The molecular weight excluding hydrogens is 382 g/mol. The molecule has 0 aliphatic heterocycles. The summed E-state index contributed by atoms with van der Waals surface area (Å²) < 4.78 is 5.32. The van der Waals surface area contributed by atoms with Crippen LogP contribution in [0.2, 0.25) is 0 Å². The van der Waals surface area contributed by atoms with E-state index >= 15 is 0 Å². The summed E-state index contributed by atoms with van der Waals surface area (Å²) >= 11 is 0. The van der Waals surface area contributed by atoms with Crippen molar-refractivity contribution in [1.29, 1.82) is 0 Å². The monoisotopic (exact) mass is 407 g/mol. The van der Waals surface area contributed by atoms with Gasteiger partial charge in [0.1, 0.15) is 5.76 Å². The minimum absolute atomic E-state index is 0. The quantitative estimate of drug-likeness (QED) is 0.363. The van der Waals surface area contributed by atoms with E-state index in [1.54, 1.807) is 6.26 Å². The zero-order valence-electron chi connectivity index (χ0n) is 16.3. The van der Waals surface area contributed by atoms with Crippen LogP contribution in [-0.4, -0.2) is 18.1 Å². The molecule has 0 unspecified atom stereocenters. The lowest BCUT2D eigenvalue weighted by atomic mass is 10.0. The first-order chi connectivity index (χ1) is 13.9. The number of hydrogen-bond acceptors (Lipinski definition) is 4. The second kappa shape index (κ2) is 10.6. The Bertz CT molecular complexity index is 1000. The molecule has 2 aromatic carbocycles. The lowest BCUT2D eigenvalue weighted by Gasteiger charge is -2.11. The highest BCUT2D eigenvalue weighted by molar-refractivity contribution is 5.91. The van der Waals surface area contributed by atoms with Crippen molar-refractivity contribution in [3.05, 3.63) is 96.1 Å². The summed E-state index contributed by atoms with van der Waals surface area (Å²) in [5.74, 6) is 0.972. The van der Waals surface area contributed by atoms with Crippen molar-refractivity contribution in [2.45, 2.75) is 19.4 Å². The summed E-state index contributed by atoms with van der Waals surface area (Å²) in [4.78, 5) is 4.57. The van der Waals surface area contributed by atoms with Crippen LogP contribution in [0.15, 0.2) is 83.6 Å². The Hall–Kier alpha value is -2.82. The van der Waals surface area contributed by atoms with Crippen molar-refractivity contribution in [2.24, 2.45) is 0 Å². The number of anilines is 1. The Kier molecular flexibility index (Phi) is 7.68.